The lowest BCUT2D eigenvalue weighted by Gasteiger charge is -2.05. The lowest BCUT2D eigenvalue weighted by Crippen LogP contribution is -2.03. The molecule has 0 unspecified atom stereocenters. The Morgan fingerprint density at radius 2 is 1.96 bits per heavy atom. The first-order valence-corrected chi connectivity index (χ1v) is 8.75. The Morgan fingerprint density at radius 3 is 2.74 bits per heavy atom. The van der Waals surface area contributed by atoms with E-state index in [1.54, 1.807) is 10.9 Å². The maximum Gasteiger partial charge on any atom is 0.218 e. The molecule has 0 amide bonds. The van der Waals surface area contributed by atoms with Crippen LogP contribution in [0.1, 0.15) is 5.56 Å². The van der Waals surface area contributed by atoms with Crippen LogP contribution in [-0.2, 0) is 0 Å². The average molecular weight is 341 g/mol. The molecule has 1 aliphatic rings. The van der Waals surface area contributed by atoms with Crippen molar-refractivity contribution in [3.63, 3.8) is 0 Å². The smallest absolute Gasteiger partial charge is 0.218 e. The number of anilines is 1. The molecule has 0 bridgehead atoms. The van der Waals surface area contributed by atoms with Crippen LogP contribution >= 0.6 is 23.5 Å². The topological polar surface area (TPSA) is 94.9 Å². The predicted molar refractivity (Wildman–Crippen MR) is 90.8 cm³/mol. The fraction of sp³-hybridized carbons (Fsp3) is 0.0714. The summed E-state index contributed by atoms with van der Waals surface area (Å²) in [5.41, 5.74) is 7.67. The van der Waals surface area contributed by atoms with Crippen LogP contribution in [0.4, 0.5) is 5.82 Å². The molecule has 114 valence electrons. The van der Waals surface area contributed by atoms with Gasteiger partial charge in [-0.25, -0.2) is 9.97 Å². The third-order valence-electron chi connectivity index (χ3n) is 3.24. The zero-order valence-corrected chi connectivity index (χ0v) is 13.7. The van der Waals surface area contributed by atoms with Gasteiger partial charge in [0.25, 0.3) is 0 Å². The highest BCUT2D eigenvalue weighted by atomic mass is 32.2. The monoisotopic (exact) mass is 341 g/mol. The predicted octanol–water partition coefficient (Wildman–Crippen LogP) is 2.39. The standard InChI is InChI=1S/C14H11N7S2/c1-22-13-17-10(15)9-7-16-21-11(8-5-3-2-4-6-8)19-20-14(21)23-12(9)18-13/h2-7H,1H3,(H2,15,17,18). The summed E-state index contributed by atoms with van der Waals surface area (Å²) in [5.74, 6) is 1.09. The Kier molecular flexibility index (Phi) is 3.50. The van der Waals surface area contributed by atoms with Gasteiger partial charge in [0.15, 0.2) is 11.0 Å². The highest BCUT2D eigenvalue weighted by molar-refractivity contribution is 7.99. The summed E-state index contributed by atoms with van der Waals surface area (Å²) in [7, 11) is 0. The first kappa shape index (κ1) is 14.2. The van der Waals surface area contributed by atoms with Crippen molar-refractivity contribution in [2.24, 2.45) is 5.10 Å². The molecule has 0 radical (unpaired) electrons. The van der Waals surface area contributed by atoms with E-state index in [-0.39, 0.29) is 0 Å². The van der Waals surface area contributed by atoms with E-state index in [4.69, 9.17) is 5.73 Å². The van der Waals surface area contributed by atoms with E-state index in [2.05, 4.69) is 25.3 Å². The number of nitrogens with zero attached hydrogens (tertiary/aromatic N) is 6. The summed E-state index contributed by atoms with van der Waals surface area (Å²) >= 11 is 2.83. The van der Waals surface area contributed by atoms with Crippen LogP contribution in [0.5, 0.6) is 0 Å². The molecular weight excluding hydrogens is 330 g/mol. The fourth-order valence-corrected chi connectivity index (χ4v) is 3.44. The number of aromatic nitrogens is 5. The molecule has 0 saturated heterocycles. The summed E-state index contributed by atoms with van der Waals surface area (Å²) in [6.07, 6.45) is 3.57. The number of nitrogen functional groups attached to an aromatic ring is 1. The number of hydrogen-bond acceptors (Lipinski definition) is 8. The molecule has 7 nitrogen and oxygen atoms in total. The Balaban J connectivity index is 1.84. The molecule has 4 rings (SSSR count). The molecule has 0 fully saturated rings. The van der Waals surface area contributed by atoms with Gasteiger partial charge in [0.05, 0.1) is 11.8 Å². The highest BCUT2D eigenvalue weighted by Gasteiger charge is 2.21. The van der Waals surface area contributed by atoms with Gasteiger partial charge in [-0.1, -0.05) is 42.1 Å². The van der Waals surface area contributed by atoms with Crippen molar-refractivity contribution in [1.29, 1.82) is 0 Å². The minimum atomic E-state index is 0.413. The van der Waals surface area contributed by atoms with Crippen LogP contribution in [-0.4, -0.2) is 37.3 Å². The second-order valence-electron chi connectivity index (χ2n) is 4.65. The van der Waals surface area contributed by atoms with Gasteiger partial charge in [-0.05, 0) is 18.0 Å². The van der Waals surface area contributed by atoms with E-state index in [0.29, 0.717) is 27.5 Å². The molecule has 9 heteroatoms. The fourth-order valence-electron chi connectivity index (χ4n) is 2.14. The Hall–Kier alpha value is -2.39. The highest BCUT2D eigenvalue weighted by Crippen LogP contribution is 2.34. The molecule has 0 atom stereocenters. The van der Waals surface area contributed by atoms with Gasteiger partial charge in [-0.2, -0.15) is 9.78 Å². The normalized spacial score (nSPS) is 12.6. The summed E-state index contributed by atoms with van der Waals surface area (Å²) in [6.45, 7) is 0. The maximum absolute atomic E-state index is 6.03. The zero-order valence-electron chi connectivity index (χ0n) is 12.0. The second-order valence-corrected chi connectivity index (χ2v) is 6.37. The number of hydrogen-bond donors (Lipinski definition) is 1. The number of benzene rings is 1. The molecule has 2 N–H and O–H groups in total. The van der Waals surface area contributed by atoms with Crippen LogP contribution in [0.25, 0.3) is 11.4 Å². The van der Waals surface area contributed by atoms with Crippen LogP contribution < -0.4 is 5.73 Å². The first-order chi connectivity index (χ1) is 11.3. The summed E-state index contributed by atoms with van der Waals surface area (Å²) in [5, 5.41) is 14.9. The molecule has 23 heavy (non-hydrogen) atoms. The first-order valence-electron chi connectivity index (χ1n) is 6.71. The van der Waals surface area contributed by atoms with Gasteiger partial charge in [-0.15, -0.1) is 10.2 Å². The molecule has 0 saturated carbocycles. The lowest BCUT2D eigenvalue weighted by molar-refractivity contribution is 0.775. The molecule has 2 aromatic heterocycles. The SMILES string of the molecule is CSc1nc(N)c2c(n1)Sc1nnc(-c3ccccc3)n1N=C2. The zero-order chi connectivity index (χ0) is 15.8. The van der Waals surface area contributed by atoms with E-state index in [0.717, 1.165) is 10.6 Å². The van der Waals surface area contributed by atoms with Gasteiger partial charge in [-0.3, -0.25) is 0 Å². The van der Waals surface area contributed by atoms with E-state index >= 15 is 0 Å². The summed E-state index contributed by atoms with van der Waals surface area (Å²) in [6, 6.07) is 9.79. The van der Waals surface area contributed by atoms with E-state index in [9.17, 15) is 0 Å². The van der Waals surface area contributed by atoms with Crippen molar-refractivity contribution in [1.82, 2.24) is 24.8 Å². The number of fused-ring (bicyclic) bond motifs is 2. The van der Waals surface area contributed by atoms with Crippen LogP contribution in [0.3, 0.4) is 0 Å². The second kappa shape index (κ2) is 5.67. The Labute approximate surface area is 140 Å². The van der Waals surface area contributed by atoms with Crippen molar-refractivity contribution < 1.29 is 0 Å². The molecular formula is C14H11N7S2. The third kappa shape index (κ3) is 2.47. The van der Waals surface area contributed by atoms with Crippen molar-refractivity contribution in [3.05, 3.63) is 35.9 Å². The largest absolute Gasteiger partial charge is 0.383 e. The number of nitrogens with two attached hydrogens (primary N) is 1. The van der Waals surface area contributed by atoms with E-state index < -0.39 is 0 Å². The van der Waals surface area contributed by atoms with Gasteiger partial charge >= 0.3 is 0 Å². The van der Waals surface area contributed by atoms with Crippen molar-refractivity contribution >= 4 is 35.6 Å². The molecule has 0 spiro atoms. The van der Waals surface area contributed by atoms with Crippen molar-refractivity contribution in [2.45, 2.75) is 15.3 Å². The quantitative estimate of drug-likeness (QED) is 0.340. The van der Waals surface area contributed by atoms with Gasteiger partial charge in [0.2, 0.25) is 5.16 Å². The van der Waals surface area contributed by atoms with Crippen LogP contribution in [0, 0.1) is 0 Å². The van der Waals surface area contributed by atoms with Gasteiger partial charge in [0.1, 0.15) is 10.8 Å². The van der Waals surface area contributed by atoms with Gasteiger partial charge < -0.3 is 5.73 Å². The summed E-state index contributed by atoms with van der Waals surface area (Å²) < 4.78 is 1.69. The molecule has 3 heterocycles. The number of rotatable bonds is 2. The average Bonchev–Trinajstić information content (AvgIpc) is 2.88. The Morgan fingerprint density at radius 1 is 1.13 bits per heavy atom. The minimum Gasteiger partial charge on any atom is -0.383 e. The van der Waals surface area contributed by atoms with E-state index in [1.165, 1.54) is 23.5 Å². The third-order valence-corrected chi connectivity index (χ3v) is 4.73. The lowest BCUT2D eigenvalue weighted by atomic mass is 10.2. The van der Waals surface area contributed by atoms with E-state index in [1.807, 2.05) is 36.6 Å². The maximum atomic E-state index is 6.03. The van der Waals surface area contributed by atoms with Crippen molar-refractivity contribution in [2.75, 3.05) is 12.0 Å². The molecule has 1 aliphatic heterocycles. The minimum absolute atomic E-state index is 0.413. The van der Waals surface area contributed by atoms with Crippen LogP contribution in [0.2, 0.25) is 0 Å². The number of thioether (sulfide) groups is 1. The molecule has 0 aliphatic carbocycles. The molecule has 1 aromatic carbocycles. The molecule has 3 aromatic rings. The Bertz CT molecular complexity index is 905. The van der Waals surface area contributed by atoms with Crippen LogP contribution in [0.15, 0.2) is 50.8 Å². The summed E-state index contributed by atoms with van der Waals surface area (Å²) in [4.78, 5) is 8.75. The van der Waals surface area contributed by atoms with Crippen molar-refractivity contribution in [3.8, 4) is 11.4 Å². The van der Waals surface area contributed by atoms with Gasteiger partial charge in [0, 0.05) is 5.56 Å².